The van der Waals surface area contributed by atoms with E-state index in [1.165, 1.54) is 0 Å². The zero-order valence-corrected chi connectivity index (χ0v) is 7.41. The molecule has 0 aliphatic heterocycles. The Balaban J connectivity index is 2.46. The summed E-state index contributed by atoms with van der Waals surface area (Å²) < 4.78 is 9.92. The van der Waals surface area contributed by atoms with Crippen LogP contribution in [0.1, 0.15) is 11.3 Å². The van der Waals surface area contributed by atoms with Crippen molar-refractivity contribution in [1.29, 1.82) is 0 Å². The van der Waals surface area contributed by atoms with Crippen molar-refractivity contribution in [2.75, 3.05) is 13.9 Å². The summed E-state index contributed by atoms with van der Waals surface area (Å²) in [5.74, 6) is 0. The van der Waals surface area contributed by atoms with Crippen LogP contribution >= 0.6 is 0 Å². The highest BCUT2D eigenvalue weighted by Gasteiger charge is 1.97. The van der Waals surface area contributed by atoms with Gasteiger partial charge in [0.25, 0.3) is 0 Å². The predicted molar refractivity (Wildman–Crippen MR) is 45.6 cm³/mol. The Morgan fingerprint density at radius 1 is 1.50 bits per heavy atom. The fourth-order valence-corrected chi connectivity index (χ4v) is 0.891. The molecule has 3 heteroatoms. The van der Waals surface area contributed by atoms with E-state index in [-0.39, 0.29) is 0 Å². The van der Waals surface area contributed by atoms with Crippen molar-refractivity contribution in [2.45, 2.75) is 13.5 Å². The van der Waals surface area contributed by atoms with Crippen LogP contribution in [0.3, 0.4) is 0 Å². The maximum Gasteiger partial charge on any atom is 0.146 e. The molecule has 1 aromatic heterocycles. The van der Waals surface area contributed by atoms with E-state index in [0.717, 1.165) is 11.3 Å². The molecule has 1 aromatic rings. The highest BCUT2D eigenvalue weighted by Crippen LogP contribution is 2.03. The smallest absolute Gasteiger partial charge is 0.146 e. The molecule has 0 aromatic carbocycles. The number of aryl methyl sites for hydroxylation is 1. The molecule has 0 aliphatic rings. The van der Waals surface area contributed by atoms with Crippen molar-refractivity contribution in [2.24, 2.45) is 0 Å². The second-order valence-electron chi connectivity index (χ2n) is 2.52. The summed E-state index contributed by atoms with van der Waals surface area (Å²) in [5, 5.41) is 0. The molecule has 0 unspecified atom stereocenters. The van der Waals surface area contributed by atoms with E-state index in [1.807, 2.05) is 19.1 Å². The van der Waals surface area contributed by atoms with E-state index in [1.54, 1.807) is 13.3 Å². The second-order valence-corrected chi connectivity index (χ2v) is 2.52. The number of hydrogen-bond acceptors (Lipinski definition) is 3. The molecule has 0 atom stereocenters. The third-order valence-electron chi connectivity index (χ3n) is 1.56. The maximum absolute atomic E-state index is 5.16. The molecule has 0 aliphatic carbocycles. The number of aromatic nitrogens is 1. The van der Waals surface area contributed by atoms with E-state index in [0.29, 0.717) is 13.4 Å². The predicted octanol–water partition coefficient (Wildman–Crippen LogP) is 1.51. The molecule has 0 spiro atoms. The van der Waals surface area contributed by atoms with Crippen molar-refractivity contribution in [3.05, 3.63) is 29.6 Å². The lowest BCUT2D eigenvalue weighted by Crippen LogP contribution is -2.00. The summed E-state index contributed by atoms with van der Waals surface area (Å²) in [6, 6.07) is 3.92. The molecule has 1 heterocycles. The van der Waals surface area contributed by atoms with Crippen molar-refractivity contribution >= 4 is 0 Å². The Hall–Kier alpha value is -0.930. The van der Waals surface area contributed by atoms with Gasteiger partial charge in [0.05, 0.1) is 12.3 Å². The normalized spacial score (nSPS) is 10.2. The van der Waals surface area contributed by atoms with Gasteiger partial charge in [0.1, 0.15) is 6.79 Å². The Bertz CT molecular complexity index is 238. The van der Waals surface area contributed by atoms with Gasteiger partial charge < -0.3 is 9.47 Å². The highest BCUT2D eigenvalue weighted by molar-refractivity contribution is 5.16. The Labute approximate surface area is 72.3 Å². The first-order valence-corrected chi connectivity index (χ1v) is 3.81. The first kappa shape index (κ1) is 9.16. The Morgan fingerprint density at radius 2 is 2.33 bits per heavy atom. The summed E-state index contributed by atoms with van der Waals surface area (Å²) >= 11 is 0. The largest absolute Gasteiger partial charge is 0.359 e. The van der Waals surface area contributed by atoms with E-state index in [4.69, 9.17) is 9.47 Å². The SMILES string of the molecule is COCOCc1ncccc1C. The third kappa shape index (κ3) is 2.60. The molecule has 0 fully saturated rings. The molecule has 0 saturated heterocycles. The molecular formula is C9H13NO2. The van der Waals surface area contributed by atoms with Gasteiger partial charge in [-0.15, -0.1) is 0 Å². The highest BCUT2D eigenvalue weighted by atomic mass is 16.7. The molecule has 0 N–H and O–H groups in total. The van der Waals surface area contributed by atoms with Gasteiger partial charge in [-0.1, -0.05) is 6.07 Å². The topological polar surface area (TPSA) is 31.4 Å². The van der Waals surface area contributed by atoms with E-state index in [9.17, 15) is 0 Å². The average molecular weight is 167 g/mol. The van der Waals surface area contributed by atoms with Gasteiger partial charge in [0.15, 0.2) is 0 Å². The minimum absolute atomic E-state index is 0.315. The number of nitrogens with zero attached hydrogens (tertiary/aromatic N) is 1. The van der Waals surface area contributed by atoms with Gasteiger partial charge >= 0.3 is 0 Å². The minimum atomic E-state index is 0.315. The number of pyridine rings is 1. The van der Waals surface area contributed by atoms with Crippen molar-refractivity contribution in [3.8, 4) is 0 Å². The zero-order valence-electron chi connectivity index (χ0n) is 7.41. The van der Waals surface area contributed by atoms with E-state index >= 15 is 0 Å². The van der Waals surface area contributed by atoms with Crippen LogP contribution in [0.2, 0.25) is 0 Å². The first-order chi connectivity index (χ1) is 5.84. The second kappa shape index (κ2) is 4.85. The van der Waals surface area contributed by atoms with Gasteiger partial charge in [-0.25, -0.2) is 0 Å². The van der Waals surface area contributed by atoms with E-state index < -0.39 is 0 Å². The number of ether oxygens (including phenoxy) is 2. The molecule has 0 amide bonds. The van der Waals surface area contributed by atoms with Gasteiger partial charge in [0.2, 0.25) is 0 Å². The quantitative estimate of drug-likeness (QED) is 0.503. The van der Waals surface area contributed by atoms with Crippen LogP contribution in [0, 0.1) is 6.92 Å². The molecule has 1 rings (SSSR count). The van der Waals surface area contributed by atoms with Crippen LogP contribution in [-0.4, -0.2) is 18.9 Å². The van der Waals surface area contributed by atoms with Gasteiger partial charge in [-0.3, -0.25) is 4.98 Å². The molecule has 0 saturated carbocycles. The summed E-state index contributed by atoms with van der Waals surface area (Å²) in [5.41, 5.74) is 2.11. The van der Waals surface area contributed by atoms with Crippen molar-refractivity contribution < 1.29 is 9.47 Å². The molecule has 3 nitrogen and oxygen atoms in total. The summed E-state index contributed by atoms with van der Waals surface area (Å²) in [4.78, 5) is 4.17. The molecule has 0 radical (unpaired) electrons. The van der Waals surface area contributed by atoms with Crippen LogP contribution in [0.25, 0.3) is 0 Å². The van der Waals surface area contributed by atoms with Crippen LogP contribution in [0.5, 0.6) is 0 Å². The average Bonchev–Trinajstić information content (AvgIpc) is 2.09. The fraction of sp³-hybridized carbons (Fsp3) is 0.444. The Morgan fingerprint density at radius 3 is 3.00 bits per heavy atom. The number of rotatable bonds is 4. The van der Waals surface area contributed by atoms with Crippen LogP contribution < -0.4 is 0 Å². The van der Waals surface area contributed by atoms with Crippen molar-refractivity contribution in [1.82, 2.24) is 4.98 Å². The molecule has 12 heavy (non-hydrogen) atoms. The Kier molecular flexibility index (Phi) is 3.70. The molecular weight excluding hydrogens is 154 g/mol. The molecule has 0 bridgehead atoms. The van der Waals surface area contributed by atoms with Crippen LogP contribution in [0.4, 0.5) is 0 Å². The number of methoxy groups -OCH3 is 1. The van der Waals surface area contributed by atoms with Gasteiger partial charge in [-0.05, 0) is 18.6 Å². The summed E-state index contributed by atoms with van der Waals surface area (Å²) in [7, 11) is 1.60. The maximum atomic E-state index is 5.16. The van der Waals surface area contributed by atoms with Crippen LogP contribution in [0.15, 0.2) is 18.3 Å². The number of hydrogen-bond donors (Lipinski definition) is 0. The lowest BCUT2D eigenvalue weighted by Gasteiger charge is -2.04. The lowest BCUT2D eigenvalue weighted by molar-refractivity contribution is -0.0402. The van der Waals surface area contributed by atoms with Gasteiger partial charge in [0, 0.05) is 13.3 Å². The first-order valence-electron chi connectivity index (χ1n) is 3.81. The standard InChI is InChI=1S/C9H13NO2/c1-8-4-3-5-10-9(8)6-12-7-11-2/h3-5H,6-7H2,1-2H3. The lowest BCUT2D eigenvalue weighted by atomic mass is 10.2. The van der Waals surface area contributed by atoms with E-state index in [2.05, 4.69) is 4.98 Å². The molecule has 66 valence electrons. The fourth-order valence-electron chi connectivity index (χ4n) is 0.891. The van der Waals surface area contributed by atoms with Crippen molar-refractivity contribution in [3.63, 3.8) is 0 Å². The zero-order chi connectivity index (χ0) is 8.81. The van der Waals surface area contributed by atoms with Crippen LogP contribution in [-0.2, 0) is 16.1 Å². The summed E-state index contributed by atoms with van der Waals surface area (Å²) in [6.45, 7) is 2.84. The third-order valence-corrected chi connectivity index (χ3v) is 1.56. The summed E-state index contributed by atoms with van der Waals surface area (Å²) in [6.07, 6.45) is 1.76. The van der Waals surface area contributed by atoms with Gasteiger partial charge in [-0.2, -0.15) is 0 Å². The minimum Gasteiger partial charge on any atom is -0.359 e. The monoisotopic (exact) mass is 167 g/mol.